The number of nitrogens with zero attached hydrogens (tertiary/aromatic N) is 2. The smallest absolute Gasteiger partial charge is 0.310 e. The van der Waals surface area contributed by atoms with Gasteiger partial charge in [-0.3, -0.25) is 14.4 Å². The van der Waals surface area contributed by atoms with Crippen LogP contribution in [0.1, 0.15) is 42.5 Å². The zero-order valence-electron chi connectivity index (χ0n) is 19.2. The first-order chi connectivity index (χ1) is 16.0. The fourth-order valence-corrected chi connectivity index (χ4v) is 5.71. The molecule has 33 heavy (non-hydrogen) atoms. The van der Waals surface area contributed by atoms with Gasteiger partial charge in [-0.2, -0.15) is 0 Å². The summed E-state index contributed by atoms with van der Waals surface area (Å²) in [5.41, 5.74) is 1.16. The molecule has 1 aromatic heterocycles. The standard InChI is InChI=1S/C26H32N2O4S/c1-2-32-26(31)20-10-6-12-27(16-20)25(30)22-14-21(19-8-4-3-5-9-19)17-28(18-22)24(29)15-23-11-7-13-33-23/h3-5,7-9,11,13,20-22H,2,6,10,12,14-18H2,1H3/t20-,21+,22+/m1/s1. The third kappa shape index (κ3) is 5.82. The number of rotatable bonds is 6. The van der Waals surface area contributed by atoms with E-state index in [9.17, 15) is 14.4 Å². The maximum absolute atomic E-state index is 13.6. The Morgan fingerprint density at radius 1 is 1.00 bits per heavy atom. The van der Waals surface area contributed by atoms with Crippen molar-refractivity contribution in [1.29, 1.82) is 0 Å². The van der Waals surface area contributed by atoms with Gasteiger partial charge in [0.1, 0.15) is 0 Å². The summed E-state index contributed by atoms with van der Waals surface area (Å²) < 4.78 is 5.20. The Bertz CT molecular complexity index is 946. The zero-order chi connectivity index (χ0) is 23.2. The molecule has 2 aromatic rings. The van der Waals surface area contributed by atoms with Crippen molar-refractivity contribution in [3.8, 4) is 0 Å². The Balaban J connectivity index is 1.49. The molecule has 1 aromatic carbocycles. The SMILES string of the molecule is CCOC(=O)[C@@H]1CCCN(C(=O)[C@H]2C[C@H](c3ccccc3)CN(C(=O)Cc3cccs3)C2)C1. The number of carbonyl (C=O) groups excluding carboxylic acids is 3. The van der Waals surface area contributed by atoms with E-state index in [2.05, 4.69) is 12.1 Å². The molecule has 7 heteroatoms. The molecule has 2 saturated heterocycles. The molecule has 0 bridgehead atoms. The number of benzene rings is 1. The Morgan fingerprint density at radius 2 is 1.79 bits per heavy atom. The van der Waals surface area contributed by atoms with Crippen LogP contribution in [0.4, 0.5) is 0 Å². The van der Waals surface area contributed by atoms with Gasteiger partial charge < -0.3 is 14.5 Å². The number of hydrogen-bond donors (Lipinski definition) is 0. The van der Waals surface area contributed by atoms with E-state index >= 15 is 0 Å². The van der Waals surface area contributed by atoms with E-state index in [1.54, 1.807) is 18.3 Å². The zero-order valence-corrected chi connectivity index (χ0v) is 20.0. The van der Waals surface area contributed by atoms with E-state index in [0.717, 1.165) is 23.3 Å². The van der Waals surface area contributed by atoms with Crippen LogP contribution in [-0.4, -0.2) is 60.4 Å². The normalized spacial score (nSPS) is 23.2. The van der Waals surface area contributed by atoms with Crippen LogP contribution < -0.4 is 0 Å². The van der Waals surface area contributed by atoms with Gasteiger partial charge in [0.2, 0.25) is 11.8 Å². The van der Waals surface area contributed by atoms with Crippen molar-refractivity contribution in [2.45, 2.75) is 38.5 Å². The number of hydrogen-bond acceptors (Lipinski definition) is 5. The molecule has 0 radical (unpaired) electrons. The van der Waals surface area contributed by atoms with Crippen LogP contribution in [0.3, 0.4) is 0 Å². The molecule has 6 nitrogen and oxygen atoms in total. The molecule has 4 rings (SSSR count). The minimum absolute atomic E-state index is 0.0542. The van der Waals surface area contributed by atoms with E-state index in [0.29, 0.717) is 45.6 Å². The number of esters is 1. The lowest BCUT2D eigenvalue weighted by molar-refractivity contribution is -0.152. The van der Waals surface area contributed by atoms with Gasteiger partial charge >= 0.3 is 5.97 Å². The van der Waals surface area contributed by atoms with Gasteiger partial charge in [0.25, 0.3) is 0 Å². The van der Waals surface area contributed by atoms with E-state index in [1.807, 2.05) is 45.5 Å². The number of piperidine rings is 2. The summed E-state index contributed by atoms with van der Waals surface area (Å²) in [5.74, 6) is -0.497. The van der Waals surface area contributed by atoms with E-state index in [1.165, 1.54) is 0 Å². The summed E-state index contributed by atoms with van der Waals surface area (Å²) in [5, 5.41) is 1.98. The van der Waals surface area contributed by atoms with Crippen molar-refractivity contribution in [3.05, 3.63) is 58.3 Å². The topological polar surface area (TPSA) is 66.9 Å². The van der Waals surface area contributed by atoms with Crippen LogP contribution in [0, 0.1) is 11.8 Å². The van der Waals surface area contributed by atoms with Crippen molar-refractivity contribution >= 4 is 29.1 Å². The lowest BCUT2D eigenvalue weighted by Crippen LogP contribution is -2.51. The van der Waals surface area contributed by atoms with Crippen LogP contribution in [0.2, 0.25) is 0 Å². The Labute approximate surface area is 199 Å². The van der Waals surface area contributed by atoms with Gasteiger partial charge in [0.15, 0.2) is 0 Å². The fourth-order valence-electron chi connectivity index (χ4n) is 5.01. The molecule has 0 saturated carbocycles. The van der Waals surface area contributed by atoms with E-state index < -0.39 is 0 Å². The molecule has 2 aliphatic heterocycles. The van der Waals surface area contributed by atoms with Crippen LogP contribution in [-0.2, 0) is 25.5 Å². The Morgan fingerprint density at radius 3 is 2.52 bits per heavy atom. The minimum Gasteiger partial charge on any atom is -0.466 e. The average Bonchev–Trinajstić information content (AvgIpc) is 3.37. The second-order valence-electron chi connectivity index (χ2n) is 8.97. The Kier molecular flexibility index (Phi) is 7.81. The first kappa shape index (κ1) is 23.5. The summed E-state index contributed by atoms with van der Waals surface area (Å²) >= 11 is 1.58. The second-order valence-corrected chi connectivity index (χ2v) is 10.0. The first-order valence-corrected chi connectivity index (χ1v) is 12.7. The maximum atomic E-state index is 13.6. The lowest BCUT2D eigenvalue weighted by atomic mass is 9.83. The Hall–Kier alpha value is -2.67. The summed E-state index contributed by atoms with van der Waals surface area (Å²) in [7, 11) is 0. The van der Waals surface area contributed by atoms with Crippen molar-refractivity contribution in [1.82, 2.24) is 9.80 Å². The predicted octanol–water partition coefficient (Wildman–Crippen LogP) is 3.72. The quantitative estimate of drug-likeness (QED) is 0.606. The van der Waals surface area contributed by atoms with Crippen molar-refractivity contribution in [2.24, 2.45) is 11.8 Å². The molecule has 3 atom stereocenters. The van der Waals surface area contributed by atoms with Crippen molar-refractivity contribution in [3.63, 3.8) is 0 Å². The molecule has 0 N–H and O–H groups in total. The van der Waals surface area contributed by atoms with Crippen LogP contribution in [0.15, 0.2) is 47.8 Å². The number of carbonyl (C=O) groups is 3. The number of ether oxygens (including phenoxy) is 1. The summed E-state index contributed by atoms with van der Waals surface area (Å²) in [6.45, 7) is 4.29. The van der Waals surface area contributed by atoms with Crippen LogP contribution in [0.25, 0.3) is 0 Å². The van der Waals surface area contributed by atoms with Crippen molar-refractivity contribution in [2.75, 3.05) is 32.8 Å². The van der Waals surface area contributed by atoms with Crippen LogP contribution >= 0.6 is 11.3 Å². The molecular weight excluding hydrogens is 436 g/mol. The highest BCUT2D eigenvalue weighted by Crippen LogP contribution is 2.33. The number of likely N-dealkylation sites (tertiary alicyclic amines) is 2. The van der Waals surface area contributed by atoms with Crippen molar-refractivity contribution < 1.29 is 19.1 Å². The number of thiophene rings is 1. The fraction of sp³-hybridized carbons (Fsp3) is 0.500. The van der Waals surface area contributed by atoms with E-state index in [-0.39, 0.29) is 35.5 Å². The summed E-state index contributed by atoms with van der Waals surface area (Å²) in [6, 6.07) is 14.1. The molecule has 3 heterocycles. The highest BCUT2D eigenvalue weighted by atomic mass is 32.1. The highest BCUT2D eigenvalue weighted by molar-refractivity contribution is 7.10. The summed E-state index contributed by atoms with van der Waals surface area (Å²) in [4.78, 5) is 43.7. The van der Waals surface area contributed by atoms with Gasteiger partial charge in [0.05, 0.1) is 24.9 Å². The molecule has 0 spiro atoms. The van der Waals surface area contributed by atoms with Crippen LogP contribution in [0.5, 0.6) is 0 Å². The molecule has 2 amide bonds. The largest absolute Gasteiger partial charge is 0.466 e. The van der Waals surface area contributed by atoms with Gasteiger partial charge in [-0.25, -0.2) is 0 Å². The van der Waals surface area contributed by atoms with E-state index in [4.69, 9.17) is 4.74 Å². The molecule has 0 aliphatic carbocycles. The minimum atomic E-state index is -0.266. The lowest BCUT2D eigenvalue weighted by Gasteiger charge is -2.40. The molecule has 176 valence electrons. The number of amides is 2. The monoisotopic (exact) mass is 468 g/mol. The van der Waals surface area contributed by atoms with Gasteiger partial charge in [-0.15, -0.1) is 11.3 Å². The third-order valence-corrected chi connectivity index (χ3v) is 7.56. The third-order valence-electron chi connectivity index (χ3n) is 6.68. The van der Waals surface area contributed by atoms with Gasteiger partial charge in [0, 0.05) is 37.0 Å². The molecular formula is C26H32N2O4S. The molecule has 0 unspecified atom stereocenters. The molecule has 2 aliphatic rings. The summed E-state index contributed by atoms with van der Waals surface area (Å²) in [6.07, 6.45) is 2.64. The predicted molar refractivity (Wildman–Crippen MR) is 128 cm³/mol. The van der Waals surface area contributed by atoms with Gasteiger partial charge in [-0.05, 0) is 43.2 Å². The molecule has 2 fully saturated rings. The average molecular weight is 469 g/mol. The highest BCUT2D eigenvalue weighted by Gasteiger charge is 2.38. The first-order valence-electron chi connectivity index (χ1n) is 11.9. The second kappa shape index (κ2) is 11.0. The maximum Gasteiger partial charge on any atom is 0.310 e. The van der Waals surface area contributed by atoms with Gasteiger partial charge in [-0.1, -0.05) is 36.4 Å².